The quantitative estimate of drug-likeness (QED) is 0.175. The molecule has 1 saturated heterocycles. The number of hydrogen-bond acceptors (Lipinski definition) is 6. The van der Waals surface area contributed by atoms with Crippen LogP contribution in [-0.4, -0.2) is 90.6 Å². The van der Waals surface area contributed by atoms with Gasteiger partial charge in [-0.1, -0.05) is 52.5 Å². The molecular formula is C40H54F7N5O3Si. The molecule has 0 saturated carbocycles. The zero-order valence-electron chi connectivity index (χ0n) is 33.9. The predicted octanol–water partition coefficient (Wildman–Crippen LogP) is 8.54. The average molecular weight is 814 g/mol. The number of rotatable bonds is 11. The summed E-state index contributed by atoms with van der Waals surface area (Å²) in [5.74, 6) is -8.93. The topological polar surface area (TPSA) is 86.8 Å². The van der Waals surface area contributed by atoms with E-state index in [4.69, 9.17) is 4.74 Å². The molecule has 0 bridgehead atoms. The van der Waals surface area contributed by atoms with E-state index in [1.807, 2.05) is 46.6 Å². The maximum Gasteiger partial charge on any atom is 0.417 e. The molecule has 1 aromatic heterocycles. The maximum atomic E-state index is 17.5. The molecule has 4 rings (SSSR count). The molecule has 310 valence electrons. The highest BCUT2D eigenvalue weighted by atomic mass is 28.3. The van der Waals surface area contributed by atoms with Crippen LogP contribution in [0.5, 0.6) is 5.88 Å². The Morgan fingerprint density at radius 3 is 2.16 bits per heavy atom. The molecule has 4 atom stereocenters. The van der Waals surface area contributed by atoms with Gasteiger partial charge in [-0.05, 0) is 64.8 Å². The van der Waals surface area contributed by atoms with Gasteiger partial charge in [0, 0.05) is 56.6 Å². The third-order valence-corrected chi connectivity index (χ3v) is 11.9. The number of alkyl halides is 3. The third-order valence-electron chi connectivity index (χ3n) is 10.2. The first kappa shape index (κ1) is 44.9. The van der Waals surface area contributed by atoms with Crippen LogP contribution in [0.3, 0.4) is 0 Å². The van der Waals surface area contributed by atoms with Crippen molar-refractivity contribution in [2.75, 3.05) is 26.7 Å². The molecule has 2 heterocycles. The minimum Gasteiger partial charge on any atom is -0.478 e. The number of nitrogens with zero attached hydrogens (tertiary/aromatic N) is 3. The van der Waals surface area contributed by atoms with Crippen molar-refractivity contribution in [1.82, 2.24) is 25.4 Å². The molecule has 2 N–H and O–H groups in total. The van der Waals surface area contributed by atoms with Gasteiger partial charge in [-0.3, -0.25) is 19.4 Å². The van der Waals surface area contributed by atoms with E-state index in [2.05, 4.69) is 35.3 Å². The summed E-state index contributed by atoms with van der Waals surface area (Å²) in [4.78, 5) is 36.6. The normalized spacial score (nSPS) is 23.2. The van der Waals surface area contributed by atoms with Crippen molar-refractivity contribution in [3.8, 4) is 5.88 Å². The van der Waals surface area contributed by atoms with Crippen LogP contribution in [0.4, 0.5) is 30.7 Å². The Morgan fingerprint density at radius 2 is 1.61 bits per heavy atom. The van der Waals surface area contributed by atoms with Crippen molar-refractivity contribution >= 4 is 25.5 Å². The lowest BCUT2D eigenvalue weighted by Crippen LogP contribution is -2.74. The number of ether oxygens (including phenoxy) is 1. The number of carbonyl (C=O) groups excluding carboxylic acids is 2. The van der Waals surface area contributed by atoms with Crippen LogP contribution < -0.4 is 15.4 Å². The van der Waals surface area contributed by atoms with Crippen molar-refractivity contribution in [3.63, 3.8) is 0 Å². The molecule has 2 aromatic rings. The Hall–Kier alpha value is -3.76. The van der Waals surface area contributed by atoms with Crippen LogP contribution >= 0.6 is 0 Å². The van der Waals surface area contributed by atoms with Crippen LogP contribution in [0.15, 0.2) is 48.2 Å². The minimum atomic E-state index is -5.12. The van der Waals surface area contributed by atoms with E-state index in [1.165, 1.54) is 4.90 Å². The highest BCUT2D eigenvalue weighted by Crippen LogP contribution is 2.45. The minimum absolute atomic E-state index is 0.0138. The second-order valence-electron chi connectivity index (χ2n) is 18.1. The van der Waals surface area contributed by atoms with E-state index < -0.39 is 88.7 Å². The van der Waals surface area contributed by atoms with Gasteiger partial charge in [0.25, 0.3) is 5.91 Å². The van der Waals surface area contributed by atoms with Gasteiger partial charge in [-0.15, -0.1) is 0 Å². The van der Waals surface area contributed by atoms with E-state index in [0.717, 1.165) is 24.3 Å². The Morgan fingerprint density at radius 1 is 1.00 bits per heavy atom. The monoisotopic (exact) mass is 813 g/mol. The molecule has 2 unspecified atom stereocenters. The summed E-state index contributed by atoms with van der Waals surface area (Å²) < 4.78 is 113. The molecule has 1 aliphatic carbocycles. The van der Waals surface area contributed by atoms with Crippen molar-refractivity contribution < 1.29 is 45.1 Å². The Bertz CT molecular complexity index is 1860. The van der Waals surface area contributed by atoms with Gasteiger partial charge in [0.05, 0.1) is 23.3 Å². The first-order valence-corrected chi connectivity index (χ1v) is 22.3. The summed E-state index contributed by atoms with van der Waals surface area (Å²) in [5.41, 5.74) is -8.26. The number of pyridine rings is 1. The fourth-order valence-corrected chi connectivity index (χ4v) is 8.34. The van der Waals surface area contributed by atoms with Crippen LogP contribution in [-0.2, 0) is 11.0 Å². The Labute approximate surface area is 325 Å². The summed E-state index contributed by atoms with van der Waals surface area (Å²) in [6, 6.07) is 0.983. The van der Waals surface area contributed by atoms with Crippen LogP contribution in [0.1, 0.15) is 76.4 Å². The standard InChI is InChI=1S/C40H54F7N5O3Si/c1-23-20-52(21-24(2)51(23)8)39(36(54)50-38(6,7)22-37(3,4)5)18-29(42)31(25-13-12-14-28(41)32(25)43)33(44)34(39)49-35(53)26-19-48-30(17-27(26)40(45,46)47)55-15-16-56(9,10)11/h12-14,17-19,23-24,34H,15-16,20-22H2,1-11H3,(H,49,53)(H,50,54)/t23-,24+,34?,39?. The highest BCUT2D eigenvalue weighted by molar-refractivity contribution is 6.76. The van der Waals surface area contributed by atoms with Gasteiger partial charge >= 0.3 is 6.18 Å². The van der Waals surface area contributed by atoms with Gasteiger partial charge < -0.3 is 15.4 Å². The van der Waals surface area contributed by atoms with E-state index >= 15 is 13.2 Å². The lowest BCUT2D eigenvalue weighted by atomic mass is 9.76. The maximum absolute atomic E-state index is 17.5. The lowest BCUT2D eigenvalue weighted by molar-refractivity contribution is -0.139. The molecule has 2 aliphatic rings. The SMILES string of the molecule is C[C@@H]1CN(C2(C(=O)NC(C)(C)CC(C)(C)C)C=C(F)C(c3cccc(F)c3F)=C(F)C2NC(=O)c2cnc(OCC[Si](C)(C)C)cc2C(F)(F)F)C[C@H](C)N1C. The summed E-state index contributed by atoms with van der Waals surface area (Å²) >= 11 is 0. The molecule has 1 aliphatic heterocycles. The molecule has 16 heteroatoms. The lowest BCUT2D eigenvalue weighted by Gasteiger charge is -2.53. The number of halogens is 7. The third kappa shape index (κ3) is 10.0. The van der Waals surface area contributed by atoms with E-state index in [-0.39, 0.29) is 43.1 Å². The number of hydrogen-bond donors (Lipinski definition) is 2. The molecule has 56 heavy (non-hydrogen) atoms. The van der Waals surface area contributed by atoms with Crippen LogP contribution in [0.2, 0.25) is 25.7 Å². The molecule has 0 spiro atoms. The first-order valence-electron chi connectivity index (χ1n) is 18.6. The summed E-state index contributed by atoms with van der Waals surface area (Å²) in [5, 5.41) is 5.20. The van der Waals surface area contributed by atoms with Gasteiger partial charge in [-0.2, -0.15) is 13.2 Å². The fourth-order valence-electron chi connectivity index (χ4n) is 7.63. The van der Waals surface area contributed by atoms with E-state index in [0.29, 0.717) is 24.7 Å². The summed E-state index contributed by atoms with van der Waals surface area (Å²) in [7, 11) is 0.196. The Kier molecular flexibility index (Phi) is 13.0. The largest absolute Gasteiger partial charge is 0.478 e. The van der Waals surface area contributed by atoms with Crippen molar-refractivity contribution in [2.45, 2.75) is 116 Å². The number of aromatic nitrogens is 1. The molecule has 1 fully saturated rings. The van der Waals surface area contributed by atoms with Crippen LogP contribution in [0, 0.1) is 17.0 Å². The van der Waals surface area contributed by atoms with Gasteiger partial charge in [0.2, 0.25) is 11.8 Å². The van der Waals surface area contributed by atoms with Crippen molar-refractivity contribution in [1.29, 1.82) is 0 Å². The van der Waals surface area contributed by atoms with E-state index in [9.17, 15) is 27.2 Å². The number of likely N-dealkylation sites (N-methyl/N-ethyl adjacent to an activating group) is 1. The summed E-state index contributed by atoms with van der Waals surface area (Å²) in [6.45, 7) is 19.2. The van der Waals surface area contributed by atoms with Crippen molar-refractivity contribution in [3.05, 3.63) is 76.5 Å². The fraction of sp³-hybridized carbons (Fsp3) is 0.575. The second kappa shape index (κ2) is 16.2. The number of nitrogens with one attached hydrogen (secondary N) is 2. The van der Waals surface area contributed by atoms with Gasteiger partial charge in [0.1, 0.15) is 23.2 Å². The number of amides is 2. The number of piperazine rings is 1. The number of allylic oxidation sites excluding steroid dienone is 2. The predicted molar refractivity (Wildman–Crippen MR) is 205 cm³/mol. The highest BCUT2D eigenvalue weighted by Gasteiger charge is 2.58. The summed E-state index contributed by atoms with van der Waals surface area (Å²) in [6.07, 6.45) is -3.34. The first-order chi connectivity index (χ1) is 25.6. The zero-order valence-corrected chi connectivity index (χ0v) is 34.9. The molecule has 2 amide bonds. The van der Waals surface area contributed by atoms with Gasteiger partial charge in [0.15, 0.2) is 11.6 Å². The second-order valence-corrected chi connectivity index (χ2v) is 23.7. The van der Waals surface area contributed by atoms with Crippen LogP contribution in [0.25, 0.3) is 5.57 Å². The average Bonchev–Trinajstić information content (AvgIpc) is 3.04. The van der Waals surface area contributed by atoms with E-state index in [1.54, 1.807) is 13.8 Å². The van der Waals surface area contributed by atoms with Gasteiger partial charge in [-0.25, -0.2) is 22.5 Å². The molecular weight excluding hydrogens is 760 g/mol. The zero-order chi connectivity index (χ0) is 42.3. The molecule has 1 aromatic carbocycles. The number of carbonyl (C=O) groups is 2. The number of benzene rings is 1. The van der Waals surface area contributed by atoms with Crippen molar-refractivity contribution in [2.24, 2.45) is 5.41 Å². The smallest absolute Gasteiger partial charge is 0.417 e. The Balaban J connectivity index is 1.97. The molecule has 0 radical (unpaired) electrons. The molecule has 8 nitrogen and oxygen atoms in total.